The lowest BCUT2D eigenvalue weighted by Crippen LogP contribution is -2.30. The molecule has 0 bridgehead atoms. The summed E-state index contributed by atoms with van der Waals surface area (Å²) in [6.07, 6.45) is 0.831. The maximum absolute atomic E-state index is 12.5. The summed E-state index contributed by atoms with van der Waals surface area (Å²) in [7, 11) is 4.74. The first-order valence-electron chi connectivity index (χ1n) is 9.02. The molecule has 6 nitrogen and oxygen atoms in total. The maximum atomic E-state index is 12.5. The Morgan fingerprint density at radius 3 is 2.33 bits per heavy atom. The van der Waals surface area contributed by atoms with Crippen molar-refractivity contribution in [1.29, 1.82) is 0 Å². The van der Waals surface area contributed by atoms with Crippen molar-refractivity contribution in [1.82, 2.24) is 5.32 Å². The number of carbonyl (C=O) groups is 1. The fourth-order valence-corrected chi connectivity index (χ4v) is 2.90. The van der Waals surface area contributed by atoms with E-state index in [1.165, 1.54) is 7.11 Å². The summed E-state index contributed by atoms with van der Waals surface area (Å²) in [6.45, 7) is 4.43. The number of nitrogens with zero attached hydrogens (tertiary/aromatic N) is 1. The van der Waals surface area contributed by atoms with Gasteiger partial charge in [-0.2, -0.15) is 0 Å². The monoisotopic (exact) mass is 372 g/mol. The number of hydrogen-bond acceptors (Lipinski definition) is 5. The van der Waals surface area contributed by atoms with Crippen molar-refractivity contribution in [2.24, 2.45) is 0 Å². The third-order valence-electron chi connectivity index (χ3n) is 4.36. The molecule has 2 rings (SSSR count). The Hall–Kier alpha value is -2.89. The van der Waals surface area contributed by atoms with Crippen LogP contribution in [0.25, 0.3) is 0 Å². The molecule has 0 radical (unpaired) electrons. The van der Waals surface area contributed by atoms with Gasteiger partial charge < -0.3 is 24.4 Å². The molecule has 0 aromatic heterocycles. The zero-order chi connectivity index (χ0) is 19.6. The third-order valence-corrected chi connectivity index (χ3v) is 4.36. The van der Waals surface area contributed by atoms with Crippen molar-refractivity contribution < 1.29 is 19.0 Å². The third kappa shape index (κ3) is 5.29. The molecule has 0 atom stereocenters. The van der Waals surface area contributed by atoms with E-state index in [0.29, 0.717) is 23.6 Å². The topological polar surface area (TPSA) is 60.0 Å². The first kappa shape index (κ1) is 20.4. The number of amides is 1. The largest absolute Gasteiger partial charge is 0.497 e. The molecule has 0 saturated heterocycles. The molecule has 0 heterocycles. The second-order valence-corrected chi connectivity index (χ2v) is 5.93. The summed E-state index contributed by atoms with van der Waals surface area (Å²) >= 11 is 0. The summed E-state index contributed by atoms with van der Waals surface area (Å²) < 4.78 is 15.8. The van der Waals surface area contributed by atoms with E-state index in [4.69, 9.17) is 14.2 Å². The smallest absolute Gasteiger partial charge is 0.255 e. The molecule has 0 aliphatic carbocycles. The first-order valence-corrected chi connectivity index (χ1v) is 9.02. The highest BCUT2D eigenvalue weighted by atomic mass is 16.5. The van der Waals surface area contributed by atoms with E-state index in [9.17, 15) is 4.79 Å². The van der Waals surface area contributed by atoms with Gasteiger partial charge in [-0.1, -0.05) is 6.07 Å². The van der Waals surface area contributed by atoms with Crippen LogP contribution in [0.5, 0.6) is 17.2 Å². The molecule has 0 spiro atoms. The van der Waals surface area contributed by atoms with Crippen LogP contribution in [-0.4, -0.2) is 46.9 Å². The Kier molecular flexibility index (Phi) is 7.79. The number of para-hydroxylation sites is 1. The van der Waals surface area contributed by atoms with Gasteiger partial charge in [0.25, 0.3) is 5.91 Å². The maximum Gasteiger partial charge on any atom is 0.255 e. The quantitative estimate of drug-likeness (QED) is 0.648. The Bertz CT molecular complexity index is 731. The van der Waals surface area contributed by atoms with Crippen LogP contribution in [0.3, 0.4) is 0 Å². The molecular weight excluding hydrogens is 344 g/mol. The zero-order valence-corrected chi connectivity index (χ0v) is 16.5. The van der Waals surface area contributed by atoms with Crippen LogP contribution in [0.1, 0.15) is 23.7 Å². The van der Waals surface area contributed by atoms with Crippen LogP contribution in [0.2, 0.25) is 0 Å². The van der Waals surface area contributed by atoms with Gasteiger partial charge in [0.2, 0.25) is 0 Å². The minimum Gasteiger partial charge on any atom is -0.497 e. The summed E-state index contributed by atoms with van der Waals surface area (Å²) in [5, 5.41) is 2.95. The van der Waals surface area contributed by atoms with Crippen molar-refractivity contribution in [2.75, 3.05) is 45.9 Å². The summed E-state index contributed by atoms with van der Waals surface area (Å²) in [4.78, 5) is 14.7. The number of carbonyl (C=O) groups excluding carboxylic acids is 1. The Morgan fingerprint density at radius 1 is 1.00 bits per heavy atom. The van der Waals surface area contributed by atoms with Gasteiger partial charge in [-0.15, -0.1) is 0 Å². The van der Waals surface area contributed by atoms with E-state index in [1.54, 1.807) is 32.4 Å². The SMILES string of the molecule is CCN(CCCNC(=O)c1cccc(OC)c1OC)c1ccc(OC)cc1. The zero-order valence-electron chi connectivity index (χ0n) is 16.5. The number of methoxy groups -OCH3 is 3. The molecule has 0 saturated carbocycles. The average Bonchev–Trinajstić information content (AvgIpc) is 2.73. The highest BCUT2D eigenvalue weighted by Gasteiger charge is 2.16. The van der Waals surface area contributed by atoms with Crippen LogP contribution >= 0.6 is 0 Å². The molecular formula is C21H28N2O4. The number of nitrogens with one attached hydrogen (secondary N) is 1. The molecule has 0 aliphatic rings. The minimum atomic E-state index is -0.168. The highest BCUT2D eigenvalue weighted by Crippen LogP contribution is 2.30. The van der Waals surface area contributed by atoms with Gasteiger partial charge in [0.15, 0.2) is 11.5 Å². The lowest BCUT2D eigenvalue weighted by Gasteiger charge is -2.23. The molecule has 0 fully saturated rings. The van der Waals surface area contributed by atoms with Gasteiger partial charge in [0.1, 0.15) is 5.75 Å². The predicted octanol–water partition coefficient (Wildman–Crippen LogP) is 3.36. The Balaban J connectivity index is 1.89. The second kappa shape index (κ2) is 10.3. The van der Waals surface area contributed by atoms with E-state index in [1.807, 2.05) is 24.3 Å². The van der Waals surface area contributed by atoms with E-state index in [-0.39, 0.29) is 5.91 Å². The fraction of sp³-hybridized carbons (Fsp3) is 0.381. The number of anilines is 1. The molecule has 1 N–H and O–H groups in total. The summed E-state index contributed by atoms with van der Waals surface area (Å²) in [6, 6.07) is 13.3. The predicted molar refractivity (Wildman–Crippen MR) is 107 cm³/mol. The number of rotatable bonds is 10. The van der Waals surface area contributed by atoms with Crippen LogP contribution < -0.4 is 24.4 Å². The van der Waals surface area contributed by atoms with Gasteiger partial charge in [0.05, 0.1) is 26.9 Å². The Morgan fingerprint density at radius 2 is 1.74 bits per heavy atom. The molecule has 0 aliphatic heterocycles. The van der Waals surface area contributed by atoms with Crippen molar-refractivity contribution in [3.63, 3.8) is 0 Å². The summed E-state index contributed by atoms with van der Waals surface area (Å²) in [5.74, 6) is 1.67. The van der Waals surface area contributed by atoms with Gasteiger partial charge in [-0.05, 0) is 49.7 Å². The van der Waals surface area contributed by atoms with Crippen molar-refractivity contribution in [3.8, 4) is 17.2 Å². The van der Waals surface area contributed by atoms with Crippen molar-refractivity contribution in [2.45, 2.75) is 13.3 Å². The number of hydrogen-bond donors (Lipinski definition) is 1. The molecule has 1 amide bonds. The molecule has 6 heteroatoms. The standard InChI is InChI=1S/C21H28N2O4/c1-5-23(16-10-12-17(25-2)13-11-16)15-7-14-22-21(24)18-8-6-9-19(26-3)20(18)27-4/h6,8-13H,5,7,14-15H2,1-4H3,(H,22,24). The molecule has 2 aromatic carbocycles. The minimum absolute atomic E-state index is 0.168. The van der Waals surface area contributed by atoms with Crippen LogP contribution in [-0.2, 0) is 0 Å². The van der Waals surface area contributed by atoms with Gasteiger partial charge in [-0.3, -0.25) is 4.79 Å². The van der Waals surface area contributed by atoms with E-state index in [0.717, 1.165) is 30.9 Å². The average molecular weight is 372 g/mol. The fourth-order valence-electron chi connectivity index (χ4n) is 2.90. The molecule has 2 aromatic rings. The lowest BCUT2D eigenvalue weighted by atomic mass is 10.1. The highest BCUT2D eigenvalue weighted by molar-refractivity contribution is 5.97. The lowest BCUT2D eigenvalue weighted by molar-refractivity contribution is 0.0949. The Labute approximate surface area is 161 Å². The van der Waals surface area contributed by atoms with Crippen molar-refractivity contribution >= 4 is 11.6 Å². The normalized spacial score (nSPS) is 10.2. The summed E-state index contributed by atoms with van der Waals surface area (Å²) in [5.41, 5.74) is 1.61. The van der Waals surface area contributed by atoms with Crippen LogP contribution in [0.15, 0.2) is 42.5 Å². The van der Waals surface area contributed by atoms with E-state index in [2.05, 4.69) is 17.1 Å². The second-order valence-electron chi connectivity index (χ2n) is 5.93. The first-order chi connectivity index (χ1) is 13.1. The van der Waals surface area contributed by atoms with E-state index >= 15 is 0 Å². The molecule has 27 heavy (non-hydrogen) atoms. The number of ether oxygens (including phenoxy) is 3. The number of benzene rings is 2. The van der Waals surface area contributed by atoms with Crippen LogP contribution in [0, 0.1) is 0 Å². The van der Waals surface area contributed by atoms with Crippen molar-refractivity contribution in [3.05, 3.63) is 48.0 Å². The van der Waals surface area contributed by atoms with Gasteiger partial charge >= 0.3 is 0 Å². The van der Waals surface area contributed by atoms with Gasteiger partial charge in [-0.25, -0.2) is 0 Å². The van der Waals surface area contributed by atoms with Gasteiger partial charge in [0, 0.05) is 25.3 Å². The van der Waals surface area contributed by atoms with Crippen LogP contribution in [0.4, 0.5) is 5.69 Å². The molecule has 0 unspecified atom stereocenters. The molecule has 146 valence electrons. The van der Waals surface area contributed by atoms with E-state index < -0.39 is 0 Å².